The molecule has 23 heteroatoms. The number of carbonyl (C=O) groups is 8. The molecule has 8 amide bonds. The Morgan fingerprint density at radius 2 is 0.856 bits per heavy atom. The predicted molar refractivity (Wildman–Crippen MR) is 337 cm³/mol. The van der Waals surface area contributed by atoms with Gasteiger partial charge in [-0.1, -0.05) is 51.8 Å². The zero-order chi connectivity index (χ0) is 65.3. The number of aryl methyl sites for hydroxylation is 1. The molecule has 4 aliphatic heterocycles. The average molecular weight is 1260 g/mol. The van der Waals surface area contributed by atoms with Crippen LogP contribution in [0.1, 0.15) is 140 Å². The lowest BCUT2D eigenvalue weighted by Crippen LogP contribution is -2.44. The summed E-state index contributed by atoms with van der Waals surface area (Å²) in [7, 11) is -0.795. The van der Waals surface area contributed by atoms with E-state index in [2.05, 4.69) is 33.1 Å². The van der Waals surface area contributed by atoms with E-state index in [1.54, 1.807) is 48.5 Å². The van der Waals surface area contributed by atoms with Crippen molar-refractivity contribution in [1.82, 2.24) is 14.7 Å². The number of aliphatic hydroxyl groups excluding tert-OH is 4. The van der Waals surface area contributed by atoms with Crippen LogP contribution in [0.3, 0.4) is 0 Å². The van der Waals surface area contributed by atoms with E-state index in [4.69, 9.17) is 23.1 Å². The van der Waals surface area contributed by atoms with Crippen molar-refractivity contribution >= 4 is 69.6 Å². The lowest BCUT2D eigenvalue weighted by Gasteiger charge is -2.34. The standard InChI is InChI=1S/C39H38N2O11.C28H36N2O6Si2/c1-21-5-6-22(13-33(21)50-19-24(44)17-42)39(2,3)23-7-12-32(34(14-23)51-20-25(45)18-43)41-37(48)29-11-9-27(16-31(29)38(41)49)52-26-8-10-28-30(15-26)36(47)40(4)35(28)46;1-7-8-15-37(3,4)36-38(5,6)16-9-14-30-27(33)22-13-11-20(18-24(22)28(30)34)35-19-10-12-21-23(17-19)26(32)29(2)25(21)31/h5-16,24-25,42-45H,17-20H2,1-4H3;10-13,17-18H,7-9,14-16H2,1-6H3. The van der Waals surface area contributed by atoms with Gasteiger partial charge in [-0.05, 0) is 159 Å². The largest absolute Gasteiger partial charge is 0.491 e. The number of imide groups is 4. The third-order valence-electron chi connectivity index (χ3n) is 16.4. The fourth-order valence-electron chi connectivity index (χ4n) is 11.2. The number of benzene rings is 6. The second-order valence-corrected chi connectivity index (χ2v) is 33.3. The number of amides is 8. The highest BCUT2D eigenvalue weighted by Crippen LogP contribution is 2.43. The second kappa shape index (κ2) is 26.4. The van der Waals surface area contributed by atoms with Crippen molar-refractivity contribution in [2.45, 2.75) is 103 Å². The lowest BCUT2D eigenvalue weighted by atomic mass is 9.77. The minimum absolute atomic E-state index is 0.0684. The summed E-state index contributed by atoms with van der Waals surface area (Å²) in [6, 6.07) is 31.1. The van der Waals surface area contributed by atoms with Gasteiger partial charge in [0, 0.05) is 26.1 Å². The third-order valence-corrected chi connectivity index (χ3v) is 23.9. The van der Waals surface area contributed by atoms with E-state index in [0.717, 1.165) is 43.5 Å². The molecule has 90 heavy (non-hydrogen) atoms. The van der Waals surface area contributed by atoms with Gasteiger partial charge in [0.15, 0.2) is 16.6 Å². The lowest BCUT2D eigenvalue weighted by molar-refractivity contribution is 0.0533. The number of unbranched alkanes of at least 4 members (excludes halogenated alkanes) is 1. The molecule has 6 aromatic rings. The summed E-state index contributed by atoms with van der Waals surface area (Å²) in [5.74, 6) is -1.62. The second-order valence-electron chi connectivity index (χ2n) is 24.5. The van der Waals surface area contributed by atoms with Crippen LogP contribution in [0.15, 0.2) is 109 Å². The molecule has 0 saturated carbocycles. The highest BCUT2D eigenvalue weighted by atomic mass is 28.4. The Morgan fingerprint density at radius 1 is 0.478 bits per heavy atom. The molecule has 2 atom stereocenters. The van der Waals surface area contributed by atoms with Gasteiger partial charge < -0.3 is 43.5 Å². The molecule has 4 aliphatic rings. The van der Waals surface area contributed by atoms with Crippen molar-refractivity contribution in [3.63, 3.8) is 0 Å². The molecule has 2 unspecified atom stereocenters. The van der Waals surface area contributed by atoms with E-state index < -0.39 is 71.1 Å². The van der Waals surface area contributed by atoms with Crippen LogP contribution in [0.2, 0.25) is 38.3 Å². The fourth-order valence-corrected chi connectivity index (χ4v) is 20.2. The first kappa shape index (κ1) is 65.8. The molecular weight excluding hydrogens is 1190 g/mol. The van der Waals surface area contributed by atoms with Gasteiger partial charge in [-0.3, -0.25) is 53.1 Å². The van der Waals surface area contributed by atoms with E-state index in [-0.39, 0.29) is 87.6 Å². The Balaban J connectivity index is 0.000000224. The Bertz CT molecular complexity index is 3880. The number of hydrogen-bond donors (Lipinski definition) is 4. The highest BCUT2D eigenvalue weighted by molar-refractivity contribution is 6.84. The van der Waals surface area contributed by atoms with Gasteiger partial charge >= 0.3 is 0 Å². The molecule has 21 nitrogen and oxygen atoms in total. The summed E-state index contributed by atoms with van der Waals surface area (Å²) < 4.78 is 30.2. The van der Waals surface area contributed by atoms with Crippen LogP contribution < -0.4 is 23.8 Å². The molecule has 10 rings (SSSR count). The Hall–Kier alpha value is -8.69. The molecule has 0 aromatic heterocycles. The monoisotopic (exact) mass is 1260 g/mol. The van der Waals surface area contributed by atoms with Gasteiger partial charge in [-0.15, -0.1) is 0 Å². The van der Waals surface area contributed by atoms with Gasteiger partial charge in [0.2, 0.25) is 0 Å². The molecule has 0 spiro atoms. The van der Waals surface area contributed by atoms with Crippen LogP contribution in [-0.4, -0.2) is 158 Å². The van der Waals surface area contributed by atoms with Crippen molar-refractivity contribution < 1.29 is 81.8 Å². The first-order valence-electron chi connectivity index (χ1n) is 29.7. The molecule has 472 valence electrons. The van der Waals surface area contributed by atoms with E-state index in [1.165, 1.54) is 74.3 Å². The molecule has 0 bridgehead atoms. The van der Waals surface area contributed by atoms with Gasteiger partial charge in [0.25, 0.3) is 47.3 Å². The van der Waals surface area contributed by atoms with Crippen molar-refractivity contribution in [3.8, 4) is 34.5 Å². The molecule has 0 fully saturated rings. The summed E-state index contributed by atoms with van der Waals surface area (Å²) in [6.07, 6.45) is 0.797. The van der Waals surface area contributed by atoms with Crippen LogP contribution >= 0.6 is 0 Å². The van der Waals surface area contributed by atoms with Gasteiger partial charge in [-0.2, -0.15) is 0 Å². The van der Waals surface area contributed by atoms with Crippen LogP contribution in [0.4, 0.5) is 5.69 Å². The number of fused-ring (bicyclic) bond motifs is 4. The SMILES string of the molecule is CCCC[Si](C)(C)O[Si](C)(C)CCCN1C(=O)c2ccc(Oc3ccc4c(c3)C(=O)N(C)C4=O)cc2C1=O.Cc1ccc(C(C)(C)c2ccc(N3C(=O)c4ccc(Oc5ccc6c(c5)C(=O)N(C)C6=O)cc4C3=O)c(OCC(O)CO)c2)cc1OCC(O)CO. The van der Waals surface area contributed by atoms with Crippen LogP contribution in [0, 0.1) is 6.92 Å². The van der Waals surface area contributed by atoms with E-state index >= 15 is 0 Å². The molecular formula is C67H74N4O17Si2. The van der Waals surface area contributed by atoms with Crippen LogP contribution in [-0.2, 0) is 9.53 Å². The van der Waals surface area contributed by atoms with Crippen molar-refractivity contribution in [3.05, 3.63) is 170 Å². The zero-order valence-electron chi connectivity index (χ0n) is 52.0. The van der Waals surface area contributed by atoms with E-state index in [0.29, 0.717) is 46.9 Å². The maximum atomic E-state index is 13.9. The number of ether oxygens (including phenoxy) is 4. The topological polar surface area (TPSA) is 277 Å². The minimum atomic E-state index is -1.91. The normalized spacial score (nSPS) is 15.3. The Morgan fingerprint density at radius 3 is 1.33 bits per heavy atom. The Labute approximate surface area is 523 Å². The zero-order valence-corrected chi connectivity index (χ0v) is 54.0. The number of aliphatic hydroxyl groups is 4. The summed E-state index contributed by atoms with van der Waals surface area (Å²) in [5.41, 5.74) is 3.74. The first-order chi connectivity index (χ1) is 42.6. The van der Waals surface area contributed by atoms with Gasteiger partial charge in [0.1, 0.15) is 59.9 Å². The highest BCUT2D eigenvalue weighted by Gasteiger charge is 2.41. The predicted octanol–water partition coefficient (Wildman–Crippen LogP) is 9.52. The van der Waals surface area contributed by atoms with Gasteiger partial charge in [-0.25, -0.2) is 4.90 Å². The minimum Gasteiger partial charge on any atom is -0.491 e. The molecule has 0 saturated heterocycles. The molecule has 0 aliphatic carbocycles. The first-order valence-corrected chi connectivity index (χ1v) is 35.9. The summed E-state index contributed by atoms with van der Waals surface area (Å²) in [4.78, 5) is 107. The molecule has 4 N–H and O–H groups in total. The number of hydrogen-bond acceptors (Lipinski definition) is 17. The maximum Gasteiger partial charge on any atom is 0.266 e. The molecule has 0 radical (unpaired) electrons. The Kier molecular flexibility index (Phi) is 19.3. The number of nitrogens with zero attached hydrogens (tertiary/aromatic N) is 4. The van der Waals surface area contributed by atoms with E-state index in [9.17, 15) is 58.8 Å². The average Bonchev–Trinajstić information content (AvgIpc) is 1.55. The number of anilines is 1. The van der Waals surface area contributed by atoms with Crippen molar-refractivity contribution in [2.24, 2.45) is 0 Å². The molecule has 4 heterocycles. The maximum absolute atomic E-state index is 13.9. The summed E-state index contributed by atoms with van der Waals surface area (Å²) in [5, 5.41) is 38.5. The van der Waals surface area contributed by atoms with Crippen molar-refractivity contribution in [2.75, 3.05) is 52.0 Å². The summed E-state index contributed by atoms with van der Waals surface area (Å²) in [6.45, 7) is 15.9. The quantitative estimate of drug-likeness (QED) is 0.0324. The van der Waals surface area contributed by atoms with Crippen LogP contribution in [0.5, 0.6) is 34.5 Å². The summed E-state index contributed by atoms with van der Waals surface area (Å²) >= 11 is 0. The fraction of sp³-hybridized carbons (Fsp3) is 0.343. The van der Waals surface area contributed by atoms with Crippen LogP contribution in [0.25, 0.3) is 0 Å². The number of carbonyl (C=O) groups excluding carboxylic acids is 8. The molecule has 6 aromatic carbocycles. The smallest absolute Gasteiger partial charge is 0.266 e. The van der Waals surface area contributed by atoms with E-state index in [1.807, 2.05) is 39.0 Å². The third kappa shape index (κ3) is 13.6. The van der Waals surface area contributed by atoms with Crippen molar-refractivity contribution in [1.29, 1.82) is 0 Å². The number of rotatable bonds is 24. The van der Waals surface area contributed by atoms with Gasteiger partial charge in [0.05, 0.1) is 63.4 Å².